The van der Waals surface area contributed by atoms with Crippen LogP contribution in [0.25, 0.3) is 0 Å². The van der Waals surface area contributed by atoms with Crippen LogP contribution in [0.4, 0.5) is 0 Å². The number of unbranched alkanes of at least 4 members (excludes halogenated alkanes) is 1. The van der Waals surface area contributed by atoms with Gasteiger partial charge in [0.05, 0.1) is 0 Å². The average molecular weight is 169 g/mol. The van der Waals surface area contributed by atoms with Crippen molar-refractivity contribution < 1.29 is 4.79 Å². The molecule has 0 spiro atoms. The quantitative estimate of drug-likeness (QED) is 0.447. The maximum atomic E-state index is 11.1. The molecule has 0 fully saturated rings. The number of allylic oxidation sites excluding steroid dienone is 1. The van der Waals surface area contributed by atoms with Gasteiger partial charge < -0.3 is 4.90 Å². The predicted molar refractivity (Wildman–Crippen MR) is 52.2 cm³/mol. The summed E-state index contributed by atoms with van der Waals surface area (Å²) in [4.78, 5) is 13.2. The molecule has 0 aliphatic heterocycles. The zero-order chi connectivity index (χ0) is 9.56. The summed E-state index contributed by atoms with van der Waals surface area (Å²) in [7, 11) is 4.08. The molecule has 0 aromatic rings. The molecular formula is C10H19NO. The fourth-order valence-electron chi connectivity index (χ4n) is 0.927. The normalized spacial score (nSPS) is 10.3. The monoisotopic (exact) mass is 169 g/mol. The molecule has 0 aromatic heterocycles. The van der Waals surface area contributed by atoms with Gasteiger partial charge >= 0.3 is 0 Å². The van der Waals surface area contributed by atoms with E-state index in [0.29, 0.717) is 12.0 Å². The lowest BCUT2D eigenvalue weighted by molar-refractivity contribution is -0.115. The first kappa shape index (κ1) is 11.4. The Morgan fingerprint density at radius 2 is 1.92 bits per heavy atom. The Labute approximate surface area is 75.3 Å². The molecule has 0 aliphatic rings. The Balaban J connectivity index is 3.32. The van der Waals surface area contributed by atoms with Gasteiger partial charge in [0.25, 0.3) is 0 Å². The van der Waals surface area contributed by atoms with E-state index in [0.717, 1.165) is 19.4 Å². The predicted octanol–water partition coefficient (Wildman–Crippen LogP) is 1.86. The van der Waals surface area contributed by atoms with Crippen molar-refractivity contribution in [2.75, 3.05) is 20.6 Å². The number of carbonyl (C=O) groups is 1. The van der Waals surface area contributed by atoms with E-state index in [1.807, 2.05) is 14.1 Å². The molecule has 0 heterocycles. The van der Waals surface area contributed by atoms with Gasteiger partial charge in [0.2, 0.25) is 0 Å². The van der Waals surface area contributed by atoms with Crippen molar-refractivity contribution in [2.45, 2.75) is 26.2 Å². The summed E-state index contributed by atoms with van der Waals surface area (Å²) in [6.07, 6.45) is 2.72. The minimum atomic E-state index is 0.203. The van der Waals surface area contributed by atoms with Crippen molar-refractivity contribution in [3.63, 3.8) is 0 Å². The van der Waals surface area contributed by atoms with E-state index in [1.54, 1.807) is 6.92 Å². The Morgan fingerprint density at radius 3 is 2.33 bits per heavy atom. The molecule has 2 heteroatoms. The zero-order valence-electron chi connectivity index (χ0n) is 8.39. The molecule has 0 unspecified atom stereocenters. The Kier molecular flexibility index (Phi) is 5.64. The molecule has 2 nitrogen and oxygen atoms in total. The lowest BCUT2D eigenvalue weighted by Crippen LogP contribution is -2.13. The molecule has 0 saturated carbocycles. The van der Waals surface area contributed by atoms with E-state index in [4.69, 9.17) is 0 Å². The van der Waals surface area contributed by atoms with Crippen molar-refractivity contribution in [3.05, 3.63) is 12.2 Å². The third-order valence-electron chi connectivity index (χ3n) is 1.74. The summed E-state index contributed by atoms with van der Waals surface area (Å²) in [6.45, 7) is 6.44. The van der Waals surface area contributed by atoms with E-state index in [1.165, 1.54) is 0 Å². The van der Waals surface area contributed by atoms with Gasteiger partial charge in [-0.25, -0.2) is 0 Å². The van der Waals surface area contributed by atoms with E-state index < -0.39 is 0 Å². The number of nitrogens with zero attached hydrogens (tertiary/aromatic N) is 1. The lowest BCUT2D eigenvalue weighted by Gasteiger charge is -2.07. The number of carbonyl (C=O) groups excluding carboxylic acids is 1. The van der Waals surface area contributed by atoms with Crippen LogP contribution in [-0.2, 0) is 4.79 Å². The summed E-state index contributed by atoms with van der Waals surface area (Å²) >= 11 is 0. The van der Waals surface area contributed by atoms with Crippen molar-refractivity contribution in [1.29, 1.82) is 0 Å². The highest BCUT2D eigenvalue weighted by molar-refractivity contribution is 5.93. The first-order valence-electron chi connectivity index (χ1n) is 4.37. The van der Waals surface area contributed by atoms with E-state index in [-0.39, 0.29) is 5.78 Å². The van der Waals surface area contributed by atoms with E-state index in [2.05, 4.69) is 11.5 Å². The summed E-state index contributed by atoms with van der Waals surface area (Å²) in [6, 6.07) is 0. The molecule has 0 N–H and O–H groups in total. The van der Waals surface area contributed by atoms with Gasteiger partial charge in [-0.15, -0.1) is 0 Å². The van der Waals surface area contributed by atoms with E-state index >= 15 is 0 Å². The standard InChI is InChI=1S/C10H19NO/c1-9(2)10(12)7-5-6-8-11(3)4/h1,5-8H2,2-4H3. The number of rotatable bonds is 6. The number of hydrogen-bond acceptors (Lipinski definition) is 2. The Bertz CT molecular complexity index is 161. The summed E-state index contributed by atoms with van der Waals surface area (Å²) in [5.41, 5.74) is 0.680. The van der Waals surface area contributed by atoms with Crippen LogP contribution in [0, 0.1) is 0 Å². The van der Waals surface area contributed by atoms with Crippen molar-refractivity contribution in [2.24, 2.45) is 0 Å². The maximum Gasteiger partial charge on any atom is 0.157 e. The highest BCUT2D eigenvalue weighted by atomic mass is 16.1. The molecule has 12 heavy (non-hydrogen) atoms. The van der Waals surface area contributed by atoms with Gasteiger partial charge in [0.15, 0.2) is 5.78 Å². The molecule has 0 radical (unpaired) electrons. The average Bonchev–Trinajstić information content (AvgIpc) is 1.97. The van der Waals surface area contributed by atoms with E-state index in [9.17, 15) is 4.79 Å². The Hall–Kier alpha value is -0.630. The van der Waals surface area contributed by atoms with Gasteiger partial charge in [-0.2, -0.15) is 0 Å². The van der Waals surface area contributed by atoms with Crippen LogP contribution in [0.15, 0.2) is 12.2 Å². The van der Waals surface area contributed by atoms with Crippen LogP contribution < -0.4 is 0 Å². The lowest BCUT2D eigenvalue weighted by atomic mass is 10.1. The minimum absolute atomic E-state index is 0.203. The van der Waals surface area contributed by atoms with Crippen LogP contribution in [0.2, 0.25) is 0 Å². The first-order chi connectivity index (χ1) is 5.54. The highest BCUT2D eigenvalue weighted by Gasteiger charge is 2.01. The number of ketones is 1. The molecule has 0 aliphatic carbocycles. The Morgan fingerprint density at radius 1 is 1.33 bits per heavy atom. The van der Waals surface area contributed by atoms with Gasteiger partial charge in [-0.3, -0.25) is 4.79 Å². The van der Waals surface area contributed by atoms with Crippen LogP contribution >= 0.6 is 0 Å². The highest BCUT2D eigenvalue weighted by Crippen LogP contribution is 2.02. The molecule has 0 atom stereocenters. The number of Topliss-reactive ketones (excluding diaryl/α,β-unsaturated/α-hetero) is 1. The van der Waals surface area contributed by atoms with Crippen molar-refractivity contribution >= 4 is 5.78 Å². The van der Waals surface area contributed by atoms with Crippen LogP contribution in [0.1, 0.15) is 26.2 Å². The van der Waals surface area contributed by atoms with Gasteiger partial charge in [0, 0.05) is 6.42 Å². The third kappa shape index (κ3) is 6.10. The van der Waals surface area contributed by atoms with Crippen LogP contribution in [-0.4, -0.2) is 31.3 Å². The van der Waals surface area contributed by atoms with Gasteiger partial charge in [-0.05, 0) is 46.0 Å². The summed E-state index contributed by atoms with van der Waals surface area (Å²) < 4.78 is 0. The molecule has 0 bridgehead atoms. The summed E-state index contributed by atoms with van der Waals surface area (Å²) in [5, 5.41) is 0. The second kappa shape index (κ2) is 5.95. The largest absolute Gasteiger partial charge is 0.309 e. The topological polar surface area (TPSA) is 20.3 Å². The summed E-state index contributed by atoms with van der Waals surface area (Å²) in [5.74, 6) is 0.203. The van der Waals surface area contributed by atoms with Crippen LogP contribution in [0.5, 0.6) is 0 Å². The number of hydrogen-bond donors (Lipinski definition) is 0. The molecular weight excluding hydrogens is 150 g/mol. The minimum Gasteiger partial charge on any atom is -0.309 e. The molecule has 0 rings (SSSR count). The molecule has 70 valence electrons. The first-order valence-corrected chi connectivity index (χ1v) is 4.37. The van der Waals surface area contributed by atoms with Crippen molar-refractivity contribution in [1.82, 2.24) is 4.90 Å². The smallest absolute Gasteiger partial charge is 0.157 e. The van der Waals surface area contributed by atoms with Crippen LogP contribution in [0.3, 0.4) is 0 Å². The second-order valence-electron chi connectivity index (χ2n) is 3.46. The SMILES string of the molecule is C=C(C)C(=O)CCCCN(C)C. The fraction of sp³-hybridized carbons (Fsp3) is 0.700. The molecule has 0 amide bonds. The van der Waals surface area contributed by atoms with Crippen molar-refractivity contribution in [3.8, 4) is 0 Å². The maximum absolute atomic E-state index is 11.1. The fourth-order valence-corrected chi connectivity index (χ4v) is 0.927. The van der Waals surface area contributed by atoms with Gasteiger partial charge in [0.1, 0.15) is 0 Å². The zero-order valence-corrected chi connectivity index (χ0v) is 8.39. The third-order valence-corrected chi connectivity index (χ3v) is 1.74. The molecule has 0 aromatic carbocycles. The van der Waals surface area contributed by atoms with Gasteiger partial charge in [-0.1, -0.05) is 6.58 Å². The molecule has 0 saturated heterocycles. The second-order valence-corrected chi connectivity index (χ2v) is 3.46.